The lowest BCUT2D eigenvalue weighted by molar-refractivity contribution is 0.109. The Morgan fingerprint density at radius 3 is 2.52 bits per heavy atom. The number of thioether (sulfide) groups is 1. The molecule has 0 radical (unpaired) electrons. The van der Waals surface area contributed by atoms with Gasteiger partial charge in [-0.05, 0) is 31.4 Å². The van der Waals surface area contributed by atoms with E-state index in [2.05, 4.69) is 19.3 Å². The van der Waals surface area contributed by atoms with E-state index in [4.69, 9.17) is 10.8 Å². The maximum atomic E-state index is 12.7. The molecule has 2 rings (SSSR count). The van der Waals surface area contributed by atoms with Crippen LogP contribution in [0.2, 0.25) is 0 Å². The smallest absolute Gasteiger partial charge is 0.232 e. The molecule has 23 heavy (non-hydrogen) atoms. The molecule has 4 nitrogen and oxygen atoms in total. The highest BCUT2D eigenvalue weighted by Gasteiger charge is 2.26. The van der Waals surface area contributed by atoms with Crippen LogP contribution in [0.1, 0.15) is 60.6 Å². The van der Waals surface area contributed by atoms with Gasteiger partial charge in [-0.25, -0.2) is 4.98 Å². The van der Waals surface area contributed by atoms with E-state index in [0.717, 1.165) is 28.8 Å². The van der Waals surface area contributed by atoms with Crippen molar-refractivity contribution in [3.63, 3.8) is 0 Å². The van der Waals surface area contributed by atoms with E-state index in [1.54, 1.807) is 0 Å². The molecule has 0 aliphatic heterocycles. The van der Waals surface area contributed by atoms with Crippen molar-refractivity contribution < 1.29 is 4.79 Å². The summed E-state index contributed by atoms with van der Waals surface area (Å²) in [6, 6.07) is 0. The van der Waals surface area contributed by atoms with Gasteiger partial charge in [0.25, 0.3) is 0 Å². The Balaban J connectivity index is 2.65. The Labute approximate surface area is 146 Å². The van der Waals surface area contributed by atoms with Crippen molar-refractivity contribution in [1.29, 1.82) is 0 Å². The van der Waals surface area contributed by atoms with E-state index in [0.29, 0.717) is 10.6 Å². The second-order valence-electron chi connectivity index (χ2n) is 6.68. The largest absolute Gasteiger partial charge is 0.322 e. The van der Waals surface area contributed by atoms with Gasteiger partial charge in [0.2, 0.25) is 5.12 Å². The van der Waals surface area contributed by atoms with Crippen LogP contribution in [0.25, 0.3) is 10.2 Å². The molecule has 0 spiro atoms. The number of nitrogen functional groups attached to an aromatic ring is 1. The van der Waals surface area contributed by atoms with Gasteiger partial charge in [0.05, 0.1) is 5.69 Å². The van der Waals surface area contributed by atoms with Crippen molar-refractivity contribution >= 4 is 44.1 Å². The molecule has 2 aromatic heterocycles. The fourth-order valence-corrected chi connectivity index (χ4v) is 4.79. The quantitative estimate of drug-likeness (QED) is 0.610. The van der Waals surface area contributed by atoms with Crippen LogP contribution >= 0.6 is 23.1 Å². The summed E-state index contributed by atoms with van der Waals surface area (Å²) in [6.45, 7) is 12.4. The number of hydrogen-bond acceptors (Lipinski definition) is 6. The molecular weight excluding hydrogens is 326 g/mol. The Morgan fingerprint density at radius 2 is 2.00 bits per heavy atom. The molecular formula is C17H25N3OS2. The van der Waals surface area contributed by atoms with Crippen molar-refractivity contribution in [3.05, 3.63) is 21.7 Å². The molecule has 0 bridgehead atoms. The second kappa shape index (κ2) is 6.79. The van der Waals surface area contributed by atoms with E-state index in [1.807, 2.05) is 27.7 Å². The molecule has 0 amide bonds. The van der Waals surface area contributed by atoms with Crippen LogP contribution in [0.3, 0.4) is 0 Å². The van der Waals surface area contributed by atoms with Gasteiger partial charge in [-0.15, -0.1) is 11.3 Å². The van der Waals surface area contributed by atoms with E-state index in [1.165, 1.54) is 34.2 Å². The molecule has 0 saturated heterocycles. The van der Waals surface area contributed by atoms with Gasteiger partial charge < -0.3 is 5.43 Å². The fourth-order valence-electron chi connectivity index (χ4n) is 2.71. The summed E-state index contributed by atoms with van der Waals surface area (Å²) in [4.78, 5) is 18.9. The molecule has 0 aliphatic rings. The highest BCUT2D eigenvalue weighted by molar-refractivity contribution is 8.15. The minimum Gasteiger partial charge on any atom is -0.322 e. The number of pyridine rings is 1. The molecule has 0 atom stereocenters. The lowest BCUT2D eigenvalue weighted by atomic mass is 10.00. The first-order valence-electron chi connectivity index (χ1n) is 7.82. The number of hydrazine groups is 1. The van der Waals surface area contributed by atoms with E-state index in [9.17, 15) is 4.79 Å². The third kappa shape index (κ3) is 3.70. The summed E-state index contributed by atoms with van der Waals surface area (Å²) < 4.78 is -0.134. The zero-order chi connectivity index (χ0) is 17.4. The van der Waals surface area contributed by atoms with E-state index in [-0.39, 0.29) is 9.86 Å². The predicted molar refractivity (Wildman–Crippen MR) is 103 cm³/mol. The number of hydrogen-bond donors (Lipinski definition) is 2. The Morgan fingerprint density at radius 1 is 1.35 bits per heavy atom. The standard InChI is InChI=1S/C17H25N3OS2/c1-7-8-11-9(2)12-13(20-18)14(16(21)23-17(4,5)6)22-15(12)19-10(11)3/h20H,7-8,18H2,1-6H3. The normalized spacial score (nSPS) is 12.0. The number of nitrogens with zero attached hydrogens (tertiary/aromatic N) is 1. The monoisotopic (exact) mass is 351 g/mol. The molecule has 0 saturated carbocycles. The average Bonchev–Trinajstić information content (AvgIpc) is 2.80. The van der Waals surface area contributed by atoms with Crippen LogP contribution in [-0.2, 0) is 6.42 Å². The van der Waals surface area contributed by atoms with Gasteiger partial charge in [0, 0.05) is 15.8 Å². The van der Waals surface area contributed by atoms with Crippen molar-refractivity contribution in [1.82, 2.24) is 4.98 Å². The number of nitrogens with one attached hydrogen (secondary N) is 1. The minimum absolute atomic E-state index is 0.0440. The molecule has 2 aromatic rings. The molecule has 0 aromatic carbocycles. The zero-order valence-electron chi connectivity index (χ0n) is 14.7. The van der Waals surface area contributed by atoms with Gasteiger partial charge in [0.1, 0.15) is 9.71 Å². The van der Waals surface area contributed by atoms with Gasteiger partial charge >= 0.3 is 0 Å². The van der Waals surface area contributed by atoms with E-state index >= 15 is 0 Å². The molecule has 2 heterocycles. The maximum Gasteiger partial charge on any atom is 0.232 e. The van der Waals surface area contributed by atoms with Crippen molar-refractivity contribution in [3.8, 4) is 0 Å². The molecule has 3 N–H and O–H groups in total. The Kier molecular flexibility index (Phi) is 5.38. The summed E-state index contributed by atoms with van der Waals surface area (Å²) in [5, 5.41) is 1.03. The van der Waals surface area contributed by atoms with Crippen LogP contribution < -0.4 is 11.3 Å². The third-order valence-electron chi connectivity index (χ3n) is 3.65. The lowest BCUT2D eigenvalue weighted by Gasteiger charge is -2.16. The highest BCUT2D eigenvalue weighted by Crippen LogP contribution is 2.41. The summed E-state index contributed by atoms with van der Waals surface area (Å²) >= 11 is 2.76. The van der Waals surface area contributed by atoms with Gasteiger partial charge in [-0.2, -0.15) is 0 Å². The number of carbonyl (C=O) groups is 1. The van der Waals surface area contributed by atoms with Gasteiger partial charge in [-0.3, -0.25) is 10.6 Å². The number of nitrogens with two attached hydrogens (primary N) is 1. The van der Waals surface area contributed by atoms with Crippen molar-refractivity contribution in [2.24, 2.45) is 5.84 Å². The number of aryl methyl sites for hydroxylation is 2. The van der Waals surface area contributed by atoms with E-state index < -0.39 is 0 Å². The summed E-state index contributed by atoms with van der Waals surface area (Å²) in [7, 11) is 0. The fraction of sp³-hybridized carbons (Fsp3) is 0.529. The predicted octanol–water partition coefficient (Wildman–Crippen LogP) is 4.82. The Bertz CT molecular complexity index is 745. The van der Waals surface area contributed by atoms with Gasteiger partial charge in [0.15, 0.2) is 0 Å². The number of anilines is 1. The Hall–Kier alpha value is -1.11. The number of carbonyl (C=O) groups excluding carboxylic acids is 1. The summed E-state index contributed by atoms with van der Waals surface area (Å²) in [6.07, 6.45) is 2.05. The van der Waals surface area contributed by atoms with Crippen LogP contribution in [0, 0.1) is 13.8 Å². The maximum absolute atomic E-state index is 12.7. The topological polar surface area (TPSA) is 68.0 Å². The van der Waals surface area contributed by atoms with Crippen LogP contribution in [0.5, 0.6) is 0 Å². The number of aromatic nitrogens is 1. The molecule has 6 heteroatoms. The summed E-state index contributed by atoms with van der Waals surface area (Å²) in [5.74, 6) is 5.76. The molecule has 0 aliphatic carbocycles. The van der Waals surface area contributed by atoms with Crippen LogP contribution in [0.15, 0.2) is 0 Å². The molecule has 0 unspecified atom stereocenters. The lowest BCUT2D eigenvalue weighted by Crippen LogP contribution is -2.14. The second-order valence-corrected chi connectivity index (χ2v) is 9.48. The summed E-state index contributed by atoms with van der Waals surface area (Å²) in [5.41, 5.74) is 6.95. The first-order chi connectivity index (χ1) is 10.7. The van der Waals surface area contributed by atoms with Crippen LogP contribution in [0.4, 0.5) is 5.69 Å². The molecule has 0 fully saturated rings. The van der Waals surface area contributed by atoms with Crippen LogP contribution in [-0.4, -0.2) is 14.8 Å². The minimum atomic E-state index is -0.134. The number of fused-ring (bicyclic) bond motifs is 1. The van der Waals surface area contributed by atoms with Gasteiger partial charge in [-0.1, -0.05) is 45.9 Å². The average molecular weight is 352 g/mol. The SMILES string of the molecule is CCCc1c(C)nc2sc(C(=O)SC(C)(C)C)c(NN)c2c1C. The van der Waals surface area contributed by atoms with Crippen molar-refractivity contribution in [2.75, 3.05) is 5.43 Å². The van der Waals surface area contributed by atoms with Crippen molar-refractivity contribution in [2.45, 2.75) is 59.1 Å². The molecule has 126 valence electrons. The third-order valence-corrected chi connectivity index (χ3v) is 5.87. The number of rotatable bonds is 4. The zero-order valence-corrected chi connectivity index (χ0v) is 16.3. The first kappa shape index (κ1) is 18.2. The first-order valence-corrected chi connectivity index (χ1v) is 9.45. The number of thiophene rings is 1. The highest BCUT2D eigenvalue weighted by atomic mass is 32.2.